The van der Waals surface area contributed by atoms with Crippen LogP contribution in [0.15, 0.2) is 0 Å². The summed E-state index contributed by atoms with van der Waals surface area (Å²) in [7, 11) is 0. The molecule has 0 aliphatic carbocycles. The fraction of sp³-hybridized carbons (Fsp3) is 0.750. The Morgan fingerprint density at radius 1 is 1.43 bits per heavy atom. The van der Waals surface area contributed by atoms with E-state index >= 15 is 0 Å². The van der Waals surface area contributed by atoms with E-state index in [1.807, 2.05) is 0 Å². The first-order valence-corrected chi connectivity index (χ1v) is 1.67. The molecule has 0 saturated heterocycles. The standard InChI is InChI=1S/C3H8NO.CH3.Re/c4-2-1-3-5;;/h4-5H,1-3H2;1H3;/q2*-1;. The van der Waals surface area contributed by atoms with Gasteiger partial charge in [0.05, 0.1) is 0 Å². The van der Waals surface area contributed by atoms with E-state index in [2.05, 4.69) is 0 Å². The van der Waals surface area contributed by atoms with Crippen molar-refractivity contribution in [3.63, 3.8) is 0 Å². The van der Waals surface area contributed by atoms with Crippen molar-refractivity contribution in [2.24, 2.45) is 0 Å². The monoisotopic (exact) mass is 276 g/mol. The Labute approximate surface area is 58.8 Å². The third-order valence-electron chi connectivity index (χ3n) is 0.335. The summed E-state index contributed by atoms with van der Waals surface area (Å²) >= 11 is 0. The van der Waals surface area contributed by atoms with Gasteiger partial charge in [0, 0.05) is 27.0 Å². The van der Waals surface area contributed by atoms with Crippen molar-refractivity contribution in [3.05, 3.63) is 13.2 Å². The van der Waals surface area contributed by atoms with Crippen LogP contribution >= 0.6 is 0 Å². The van der Waals surface area contributed by atoms with Gasteiger partial charge in [0.1, 0.15) is 0 Å². The molecule has 0 aromatic carbocycles. The molecule has 0 unspecified atom stereocenters. The summed E-state index contributed by atoms with van der Waals surface area (Å²) in [5, 5.41) is 7.95. The van der Waals surface area contributed by atoms with E-state index in [4.69, 9.17) is 10.8 Å². The van der Waals surface area contributed by atoms with Gasteiger partial charge in [-0.15, -0.1) is 6.54 Å². The summed E-state index contributed by atoms with van der Waals surface area (Å²) in [5.41, 5.74) is 6.44. The molecule has 2 nitrogen and oxygen atoms in total. The van der Waals surface area contributed by atoms with Gasteiger partial charge in [-0.25, -0.2) is 0 Å². The maximum atomic E-state index is 7.95. The molecule has 0 rings (SSSR count). The van der Waals surface area contributed by atoms with Crippen LogP contribution in [0.1, 0.15) is 6.42 Å². The Bertz CT molecular complexity index is 19.2. The fourth-order valence-electron chi connectivity index (χ4n) is 0.0791. The van der Waals surface area contributed by atoms with Gasteiger partial charge in [0.2, 0.25) is 0 Å². The molecular weight excluding hydrogens is 264 g/mol. The van der Waals surface area contributed by atoms with Gasteiger partial charge in [-0.2, -0.15) is 0 Å². The molecule has 0 aliphatic heterocycles. The molecule has 1 radical (unpaired) electrons. The SMILES string of the molecule is [CH3-].[NH-]CCCO.[Re]. The Balaban J connectivity index is -0.0000000800. The first kappa shape index (κ1) is 15.6. The number of aliphatic hydroxyl groups is 1. The third kappa shape index (κ3) is 20.7. The number of hydrogen-bond acceptors (Lipinski definition) is 1. The van der Waals surface area contributed by atoms with Crippen LogP contribution in [-0.4, -0.2) is 18.3 Å². The smallest absolute Gasteiger partial charge is 0.0414 e. The van der Waals surface area contributed by atoms with Crippen LogP contribution in [-0.2, 0) is 20.4 Å². The number of hydrogen-bond donors (Lipinski definition) is 1. The van der Waals surface area contributed by atoms with Crippen LogP contribution < -0.4 is 0 Å². The molecule has 0 aliphatic rings. The quantitative estimate of drug-likeness (QED) is 0.747. The van der Waals surface area contributed by atoms with Crippen LogP contribution in [0.3, 0.4) is 0 Å². The van der Waals surface area contributed by atoms with Crippen LogP contribution in [0.5, 0.6) is 0 Å². The van der Waals surface area contributed by atoms with Gasteiger partial charge in [0.15, 0.2) is 0 Å². The van der Waals surface area contributed by atoms with Crippen LogP contribution in [0, 0.1) is 7.43 Å². The zero-order chi connectivity index (χ0) is 4.12. The summed E-state index contributed by atoms with van der Waals surface area (Å²) in [6, 6.07) is 0. The van der Waals surface area contributed by atoms with E-state index < -0.39 is 0 Å². The zero-order valence-corrected chi connectivity index (χ0v) is 7.16. The molecule has 0 fully saturated rings. The first-order valence-electron chi connectivity index (χ1n) is 1.67. The number of rotatable bonds is 2. The molecule has 0 aromatic rings. The molecule has 0 aromatic heterocycles. The van der Waals surface area contributed by atoms with Crippen molar-refractivity contribution in [1.82, 2.24) is 0 Å². The molecule has 0 bridgehead atoms. The van der Waals surface area contributed by atoms with Crippen molar-refractivity contribution < 1.29 is 25.5 Å². The second-order valence-electron chi connectivity index (χ2n) is 0.827. The predicted molar refractivity (Wildman–Crippen MR) is 27.3 cm³/mol. The Kier molecular flexibility index (Phi) is 35.7. The van der Waals surface area contributed by atoms with Gasteiger partial charge in [-0.3, -0.25) is 0 Å². The summed E-state index contributed by atoms with van der Waals surface area (Å²) in [4.78, 5) is 0. The molecular formula is C4H11NORe-2. The Morgan fingerprint density at radius 3 is 1.86 bits per heavy atom. The second kappa shape index (κ2) is 16.0. The van der Waals surface area contributed by atoms with Crippen molar-refractivity contribution in [1.29, 1.82) is 0 Å². The zero-order valence-electron chi connectivity index (χ0n) is 4.45. The van der Waals surface area contributed by atoms with Crippen LogP contribution in [0.2, 0.25) is 0 Å². The average Bonchev–Trinajstić information content (AvgIpc) is 1.41. The Morgan fingerprint density at radius 2 is 1.86 bits per heavy atom. The van der Waals surface area contributed by atoms with Gasteiger partial charge < -0.3 is 18.3 Å². The van der Waals surface area contributed by atoms with Gasteiger partial charge in [-0.05, 0) is 6.42 Å². The number of aliphatic hydroxyl groups excluding tert-OH is 1. The number of nitrogens with one attached hydrogen (secondary N) is 1. The molecule has 7 heavy (non-hydrogen) atoms. The molecule has 0 atom stereocenters. The predicted octanol–water partition coefficient (Wildman–Crippen LogP) is 0.869. The molecule has 0 heterocycles. The van der Waals surface area contributed by atoms with Gasteiger partial charge >= 0.3 is 0 Å². The topological polar surface area (TPSA) is 44.0 Å². The molecule has 47 valence electrons. The van der Waals surface area contributed by atoms with E-state index in [0.29, 0.717) is 13.0 Å². The second-order valence-corrected chi connectivity index (χ2v) is 0.827. The average molecular weight is 275 g/mol. The van der Waals surface area contributed by atoms with Crippen LogP contribution in [0.4, 0.5) is 0 Å². The molecule has 3 heteroatoms. The van der Waals surface area contributed by atoms with Crippen molar-refractivity contribution in [3.8, 4) is 0 Å². The van der Waals surface area contributed by atoms with E-state index in [1.54, 1.807) is 0 Å². The largest absolute Gasteiger partial charge is 0.677 e. The molecule has 0 spiro atoms. The van der Waals surface area contributed by atoms with Crippen molar-refractivity contribution >= 4 is 0 Å². The molecule has 0 saturated carbocycles. The summed E-state index contributed by atoms with van der Waals surface area (Å²) < 4.78 is 0. The fourth-order valence-corrected chi connectivity index (χ4v) is 0.0791. The van der Waals surface area contributed by atoms with Gasteiger partial charge in [-0.1, -0.05) is 0 Å². The maximum absolute atomic E-state index is 7.95. The molecule has 2 N–H and O–H groups in total. The maximum Gasteiger partial charge on any atom is 0.0414 e. The van der Waals surface area contributed by atoms with Crippen LogP contribution in [0.25, 0.3) is 5.73 Å². The van der Waals surface area contributed by atoms with Gasteiger partial charge in [0.25, 0.3) is 0 Å². The van der Waals surface area contributed by atoms with Crippen molar-refractivity contribution in [2.45, 2.75) is 6.42 Å². The minimum Gasteiger partial charge on any atom is -0.677 e. The first-order chi connectivity index (χ1) is 2.41. The Hall–Kier alpha value is 0.582. The van der Waals surface area contributed by atoms with Crippen molar-refractivity contribution in [2.75, 3.05) is 13.2 Å². The van der Waals surface area contributed by atoms with E-state index in [0.717, 1.165) is 0 Å². The van der Waals surface area contributed by atoms with E-state index in [9.17, 15) is 0 Å². The normalized spacial score (nSPS) is 6.00. The third-order valence-corrected chi connectivity index (χ3v) is 0.335. The van der Waals surface area contributed by atoms with E-state index in [-0.39, 0.29) is 34.5 Å². The summed E-state index contributed by atoms with van der Waals surface area (Å²) in [6.07, 6.45) is 0.611. The van der Waals surface area contributed by atoms with E-state index in [1.165, 1.54) is 0 Å². The summed E-state index contributed by atoms with van der Waals surface area (Å²) in [5.74, 6) is 0. The minimum atomic E-state index is 0. The summed E-state index contributed by atoms with van der Waals surface area (Å²) in [6.45, 7) is 0.500. The molecule has 0 amide bonds. The minimum absolute atomic E-state index is 0.